The molecule has 104 valence electrons. The summed E-state index contributed by atoms with van der Waals surface area (Å²) in [5.41, 5.74) is -0.790. The average molecular weight is 256 g/mol. The molecule has 2 N–H and O–H groups in total. The van der Waals surface area contributed by atoms with Crippen LogP contribution < -0.4 is 5.32 Å². The van der Waals surface area contributed by atoms with E-state index in [1.54, 1.807) is 19.0 Å². The van der Waals surface area contributed by atoms with E-state index in [2.05, 4.69) is 5.32 Å². The number of aliphatic carboxylic acids is 1. The highest BCUT2D eigenvalue weighted by molar-refractivity contribution is 5.81. The molecule has 0 unspecified atom stereocenters. The number of amides is 1. The van der Waals surface area contributed by atoms with Gasteiger partial charge >= 0.3 is 5.97 Å². The van der Waals surface area contributed by atoms with Crippen LogP contribution in [0.1, 0.15) is 39.0 Å². The maximum absolute atomic E-state index is 11.8. The minimum absolute atomic E-state index is 0.0241. The lowest BCUT2D eigenvalue weighted by Gasteiger charge is -2.41. The Morgan fingerprint density at radius 1 is 1.33 bits per heavy atom. The minimum atomic E-state index is -0.790. The molecule has 1 aliphatic rings. The second kappa shape index (κ2) is 6.18. The van der Waals surface area contributed by atoms with Crippen molar-refractivity contribution in [2.24, 2.45) is 5.92 Å². The Morgan fingerprint density at radius 2 is 1.89 bits per heavy atom. The first-order chi connectivity index (χ1) is 8.44. The van der Waals surface area contributed by atoms with Crippen LogP contribution in [0.5, 0.6) is 0 Å². The number of nitrogens with zero attached hydrogens (tertiary/aromatic N) is 1. The van der Waals surface area contributed by atoms with Crippen LogP contribution in [0.25, 0.3) is 0 Å². The summed E-state index contributed by atoms with van der Waals surface area (Å²) in [6.45, 7) is 2.72. The summed E-state index contributed by atoms with van der Waals surface area (Å²) < 4.78 is 0. The molecule has 5 nitrogen and oxygen atoms in total. The number of hydrogen-bond donors (Lipinski definition) is 2. The highest BCUT2D eigenvalue weighted by Crippen LogP contribution is 2.35. The van der Waals surface area contributed by atoms with Gasteiger partial charge in [0.1, 0.15) is 5.54 Å². The zero-order valence-electron chi connectivity index (χ0n) is 11.5. The third kappa shape index (κ3) is 3.02. The molecular weight excluding hydrogens is 232 g/mol. The van der Waals surface area contributed by atoms with Crippen molar-refractivity contribution in [3.63, 3.8) is 0 Å². The van der Waals surface area contributed by atoms with Gasteiger partial charge in [-0.25, -0.2) is 0 Å². The molecule has 1 amide bonds. The second-order valence-electron chi connectivity index (χ2n) is 5.30. The second-order valence-corrected chi connectivity index (χ2v) is 5.30. The van der Waals surface area contributed by atoms with Crippen molar-refractivity contribution in [2.45, 2.75) is 44.6 Å². The Kier molecular flexibility index (Phi) is 5.14. The van der Waals surface area contributed by atoms with E-state index >= 15 is 0 Å². The molecule has 1 rings (SSSR count). The van der Waals surface area contributed by atoms with E-state index in [-0.39, 0.29) is 11.8 Å². The maximum Gasteiger partial charge on any atom is 0.324 e. The van der Waals surface area contributed by atoms with Gasteiger partial charge in [0.25, 0.3) is 0 Å². The van der Waals surface area contributed by atoms with E-state index in [1.807, 2.05) is 6.92 Å². The summed E-state index contributed by atoms with van der Waals surface area (Å²) >= 11 is 0. The normalized spacial score (nSPS) is 28.1. The SMILES string of the molecule is CCCNC(=O)C1CCC(C(=O)O)(N(C)C)CC1. The average Bonchev–Trinajstić information content (AvgIpc) is 2.35. The predicted octanol–water partition coefficient (Wildman–Crippen LogP) is 1.09. The zero-order valence-corrected chi connectivity index (χ0v) is 11.5. The zero-order chi connectivity index (χ0) is 13.8. The Bertz CT molecular complexity index is 307. The summed E-state index contributed by atoms with van der Waals surface area (Å²) in [4.78, 5) is 25.0. The standard InChI is InChI=1S/C13H24N2O3/c1-4-9-14-11(16)10-5-7-13(8-6-10,12(17)18)15(2)3/h10H,4-9H2,1-3H3,(H,14,16)(H,17,18). The van der Waals surface area contributed by atoms with Gasteiger partial charge in [-0.15, -0.1) is 0 Å². The molecule has 0 aromatic carbocycles. The number of likely N-dealkylation sites (N-methyl/N-ethyl adjacent to an activating group) is 1. The van der Waals surface area contributed by atoms with Gasteiger partial charge in [-0.05, 0) is 46.2 Å². The molecule has 1 aliphatic carbocycles. The van der Waals surface area contributed by atoms with Gasteiger partial charge in [-0.3, -0.25) is 14.5 Å². The van der Waals surface area contributed by atoms with Crippen molar-refractivity contribution in [1.29, 1.82) is 0 Å². The molecule has 18 heavy (non-hydrogen) atoms. The third-order valence-corrected chi connectivity index (χ3v) is 3.99. The molecule has 0 aromatic rings. The number of carboxylic acids is 1. The Labute approximate surface area is 109 Å². The molecule has 1 fully saturated rings. The topological polar surface area (TPSA) is 69.6 Å². The summed E-state index contributed by atoms with van der Waals surface area (Å²) in [5.74, 6) is -0.724. The lowest BCUT2D eigenvalue weighted by molar-refractivity contribution is -0.153. The van der Waals surface area contributed by atoms with Gasteiger partial charge in [-0.1, -0.05) is 6.92 Å². The van der Waals surface area contributed by atoms with E-state index in [0.717, 1.165) is 6.42 Å². The van der Waals surface area contributed by atoms with E-state index in [0.29, 0.717) is 32.2 Å². The number of carboxylic acid groups (broad SMARTS) is 1. The summed E-state index contributed by atoms with van der Waals surface area (Å²) in [6.07, 6.45) is 3.31. The van der Waals surface area contributed by atoms with Gasteiger partial charge in [-0.2, -0.15) is 0 Å². The van der Waals surface area contributed by atoms with Crippen LogP contribution in [0.3, 0.4) is 0 Å². The minimum Gasteiger partial charge on any atom is -0.480 e. The van der Waals surface area contributed by atoms with Crippen molar-refractivity contribution in [3.05, 3.63) is 0 Å². The third-order valence-electron chi connectivity index (χ3n) is 3.99. The van der Waals surface area contributed by atoms with E-state index in [9.17, 15) is 14.7 Å². The quantitative estimate of drug-likeness (QED) is 0.772. The predicted molar refractivity (Wildman–Crippen MR) is 69.3 cm³/mol. The van der Waals surface area contributed by atoms with Gasteiger partial charge in [0, 0.05) is 12.5 Å². The van der Waals surface area contributed by atoms with Crippen LogP contribution in [0.2, 0.25) is 0 Å². The number of carbonyl (C=O) groups is 2. The Morgan fingerprint density at radius 3 is 2.28 bits per heavy atom. The van der Waals surface area contributed by atoms with Crippen LogP contribution in [0.4, 0.5) is 0 Å². The lowest BCUT2D eigenvalue weighted by Crippen LogP contribution is -2.54. The number of nitrogens with one attached hydrogen (secondary N) is 1. The van der Waals surface area contributed by atoms with Crippen LogP contribution >= 0.6 is 0 Å². The number of rotatable bonds is 5. The molecule has 0 radical (unpaired) electrons. The van der Waals surface area contributed by atoms with Crippen LogP contribution in [0.15, 0.2) is 0 Å². The molecule has 0 atom stereocenters. The molecule has 0 aliphatic heterocycles. The highest BCUT2D eigenvalue weighted by atomic mass is 16.4. The molecule has 0 aromatic heterocycles. The first kappa shape index (κ1) is 15.0. The molecule has 0 saturated heterocycles. The van der Waals surface area contributed by atoms with Gasteiger partial charge in [0.15, 0.2) is 0 Å². The largest absolute Gasteiger partial charge is 0.480 e. The summed E-state index contributed by atoms with van der Waals surface area (Å²) in [7, 11) is 3.59. The van der Waals surface area contributed by atoms with Crippen LogP contribution in [-0.4, -0.2) is 48.1 Å². The molecule has 1 saturated carbocycles. The number of carbonyl (C=O) groups excluding carboxylic acids is 1. The van der Waals surface area contributed by atoms with Gasteiger partial charge < -0.3 is 10.4 Å². The molecule has 0 heterocycles. The van der Waals surface area contributed by atoms with Crippen LogP contribution in [-0.2, 0) is 9.59 Å². The van der Waals surface area contributed by atoms with Crippen molar-refractivity contribution >= 4 is 11.9 Å². The first-order valence-electron chi connectivity index (χ1n) is 6.62. The monoisotopic (exact) mass is 256 g/mol. The van der Waals surface area contributed by atoms with E-state index in [1.165, 1.54) is 0 Å². The van der Waals surface area contributed by atoms with E-state index < -0.39 is 11.5 Å². The molecule has 0 bridgehead atoms. The van der Waals surface area contributed by atoms with Gasteiger partial charge in [0.2, 0.25) is 5.91 Å². The molecule has 0 spiro atoms. The molecular formula is C13H24N2O3. The maximum atomic E-state index is 11.8. The van der Waals surface area contributed by atoms with Crippen molar-refractivity contribution < 1.29 is 14.7 Å². The summed E-state index contributed by atoms with van der Waals surface area (Å²) in [6, 6.07) is 0. The van der Waals surface area contributed by atoms with Gasteiger partial charge in [0.05, 0.1) is 0 Å². The fourth-order valence-corrected chi connectivity index (χ4v) is 2.60. The fraction of sp³-hybridized carbons (Fsp3) is 0.846. The van der Waals surface area contributed by atoms with Crippen LogP contribution in [0, 0.1) is 5.92 Å². The smallest absolute Gasteiger partial charge is 0.324 e. The fourth-order valence-electron chi connectivity index (χ4n) is 2.60. The highest BCUT2D eigenvalue weighted by Gasteiger charge is 2.45. The number of hydrogen-bond acceptors (Lipinski definition) is 3. The molecule has 5 heteroatoms. The van der Waals surface area contributed by atoms with Crippen molar-refractivity contribution in [2.75, 3.05) is 20.6 Å². The Balaban J connectivity index is 2.58. The van der Waals surface area contributed by atoms with Crippen molar-refractivity contribution in [1.82, 2.24) is 10.2 Å². The first-order valence-corrected chi connectivity index (χ1v) is 6.62. The van der Waals surface area contributed by atoms with E-state index in [4.69, 9.17) is 0 Å². The Hall–Kier alpha value is -1.10. The van der Waals surface area contributed by atoms with Crippen molar-refractivity contribution in [3.8, 4) is 0 Å². The lowest BCUT2D eigenvalue weighted by atomic mass is 9.75. The summed E-state index contributed by atoms with van der Waals surface area (Å²) in [5, 5.41) is 12.3.